The van der Waals surface area contributed by atoms with Gasteiger partial charge in [-0.05, 0) is 25.0 Å². The monoisotopic (exact) mass is 416 g/mol. The summed E-state index contributed by atoms with van der Waals surface area (Å²) in [5, 5.41) is 8.09. The molecule has 1 aliphatic rings. The molecule has 0 aliphatic carbocycles. The lowest BCUT2D eigenvalue weighted by molar-refractivity contribution is 0.328. The van der Waals surface area contributed by atoms with Gasteiger partial charge in [-0.1, -0.05) is 17.3 Å². The first-order chi connectivity index (χ1) is 13.9. The predicted octanol–water partition coefficient (Wildman–Crippen LogP) is 2.09. The molecule has 10 heteroatoms. The maximum Gasteiger partial charge on any atom is 0.220 e. The van der Waals surface area contributed by atoms with Gasteiger partial charge in [0.2, 0.25) is 10.0 Å². The lowest BCUT2D eigenvalue weighted by atomic mass is 10.1. The highest BCUT2D eigenvalue weighted by molar-refractivity contribution is 7.88. The molecule has 9 nitrogen and oxygen atoms in total. The molecule has 29 heavy (non-hydrogen) atoms. The summed E-state index contributed by atoms with van der Waals surface area (Å²) in [6.07, 6.45) is 2.94. The van der Waals surface area contributed by atoms with E-state index in [1.54, 1.807) is 10.4 Å². The van der Waals surface area contributed by atoms with Crippen LogP contribution in [-0.4, -0.2) is 61.1 Å². The van der Waals surface area contributed by atoms with Crippen molar-refractivity contribution in [1.82, 2.24) is 19.4 Å². The lowest BCUT2D eigenvalue weighted by Crippen LogP contribution is -2.42. The number of nitrogens with zero attached hydrogens (tertiary/aromatic N) is 5. The van der Waals surface area contributed by atoms with Crippen molar-refractivity contribution in [3.05, 3.63) is 42.4 Å². The van der Waals surface area contributed by atoms with Gasteiger partial charge in [0.1, 0.15) is 29.4 Å². The molecule has 3 heterocycles. The van der Waals surface area contributed by atoms with Gasteiger partial charge in [-0.15, -0.1) is 0 Å². The van der Waals surface area contributed by atoms with E-state index in [1.165, 1.54) is 6.33 Å². The molecule has 1 N–H and O–H groups in total. The van der Waals surface area contributed by atoms with Gasteiger partial charge in [0.05, 0.1) is 0 Å². The number of hydrogen-bond donors (Lipinski definition) is 1. The molecule has 0 saturated carbocycles. The largest absolute Gasteiger partial charge is 0.367 e. The number of sulfonamides is 1. The normalized spacial score (nSPS) is 16.2. The number of aromatic nitrogens is 3. The van der Waals surface area contributed by atoms with Crippen LogP contribution in [-0.2, 0) is 15.8 Å². The number of nitrogens with one attached hydrogen (secondary N) is 1. The summed E-state index contributed by atoms with van der Waals surface area (Å²) in [5.74, 6) is 1.42. The van der Waals surface area contributed by atoms with E-state index >= 15 is 0 Å². The van der Waals surface area contributed by atoms with E-state index in [4.69, 9.17) is 4.52 Å². The second-order valence-electron chi connectivity index (χ2n) is 7.36. The molecule has 4 rings (SSSR count). The number of para-hydroxylation sites is 1. The van der Waals surface area contributed by atoms with Crippen molar-refractivity contribution in [1.29, 1.82) is 0 Å². The van der Waals surface area contributed by atoms with Crippen LogP contribution in [0.4, 0.5) is 11.6 Å². The summed E-state index contributed by atoms with van der Waals surface area (Å²) in [4.78, 5) is 10.4. The van der Waals surface area contributed by atoms with Crippen LogP contribution in [0.25, 0.3) is 11.0 Å². The van der Waals surface area contributed by atoms with Crippen molar-refractivity contribution < 1.29 is 12.9 Å². The standard InChI is InChI=1S/C19H24N6O3S/c1-24(2)19-11-18(20-13-21-19)22-14-7-9-25(10-8-14)29(26,27)12-16-15-5-3-4-6-17(15)28-23-16/h3-6,11,13-14H,7-10,12H2,1-2H3,(H,20,21,22). The Kier molecular flexibility index (Phi) is 5.37. The molecule has 154 valence electrons. The zero-order valence-electron chi connectivity index (χ0n) is 16.4. The molecule has 0 atom stereocenters. The van der Waals surface area contributed by atoms with E-state index in [1.807, 2.05) is 43.3 Å². The minimum absolute atomic E-state index is 0.153. The Morgan fingerprint density at radius 3 is 2.72 bits per heavy atom. The third-order valence-corrected chi connectivity index (χ3v) is 6.87. The number of hydrogen-bond acceptors (Lipinski definition) is 8. The van der Waals surface area contributed by atoms with E-state index in [0.717, 1.165) is 17.0 Å². The highest BCUT2D eigenvalue weighted by Crippen LogP contribution is 2.24. The summed E-state index contributed by atoms with van der Waals surface area (Å²) in [7, 11) is 0.387. The van der Waals surface area contributed by atoms with Gasteiger partial charge in [-0.25, -0.2) is 22.7 Å². The zero-order valence-corrected chi connectivity index (χ0v) is 17.3. The van der Waals surface area contributed by atoms with Gasteiger partial charge in [0.15, 0.2) is 5.58 Å². The fourth-order valence-electron chi connectivity index (χ4n) is 3.46. The van der Waals surface area contributed by atoms with E-state index in [9.17, 15) is 8.42 Å². The van der Waals surface area contributed by atoms with Gasteiger partial charge >= 0.3 is 0 Å². The third kappa shape index (κ3) is 4.33. The fraction of sp³-hybridized carbons (Fsp3) is 0.421. The predicted molar refractivity (Wildman–Crippen MR) is 111 cm³/mol. The van der Waals surface area contributed by atoms with Crippen LogP contribution in [0.3, 0.4) is 0 Å². The number of anilines is 2. The number of benzene rings is 1. The Bertz CT molecular complexity index is 1090. The van der Waals surface area contributed by atoms with Gasteiger partial charge < -0.3 is 14.7 Å². The van der Waals surface area contributed by atoms with Crippen molar-refractivity contribution in [2.75, 3.05) is 37.4 Å². The van der Waals surface area contributed by atoms with Crippen LogP contribution < -0.4 is 10.2 Å². The maximum absolute atomic E-state index is 12.9. The smallest absolute Gasteiger partial charge is 0.220 e. The molecular weight excluding hydrogens is 392 g/mol. The molecule has 0 amide bonds. The van der Waals surface area contributed by atoms with Crippen molar-refractivity contribution in [2.45, 2.75) is 24.6 Å². The Balaban J connectivity index is 1.38. The quantitative estimate of drug-likeness (QED) is 0.651. The molecule has 1 aliphatic heterocycles. The first-order valence-electron chi connectivity index (χ1n) is 9.49. The molecule has 0 radical (unpaired) electrons. The molecule has 0 spiro atoms. The van der Waals surface area contributed by atoms with Crippen molar-refractivity contribution in [3.63, 3.8) is 0 Å². The van der Waals surface area contributed by atoms with Crippen molar-refractivity contribution >= 4 is 32.6 Å². The molecule has 3 aromatic rings. The van der Waals surface area contributed by atoms with Crippen LogP contribution >= 0.6 is 0 Å². The Morgan fingerprint density at radius 1 is 1.21 bits per heavy atom. The van der Waals surface area contributed by atoms with E-state index in [-0.39, 0.29) is 11.8 Å². The van der Waals surface area contributed by atoms with Crippen LogP contribution in [0.1, 0.15) is 18.5 Å². The Morgan fingerprint density at radius 2 is 1.97 bits per heavy atom. The molecule has 1 fully saturated rings. The highest BCUT2D eigenvalue weighted by Gasteiger charge is 2.29. The molecule has 2 aromatic heterocycles. The topological polar surface area (TPSA) is 104 Å². The SMILES string of the molecule is CN(C)c1cc(NC2CCN(S(=O)(=O)Cc3noc4ccccc34)CC2)ncn1. The van der Waals surface area contributed by atoms with E-state index < -0.39 is 10.0 Å². The summed E-state index contributed by atoms with van der Waals surface area (Å²) in [5.41, 5.74) is 1.06. The highest BCUT2D eigenvalue weighted by atomic mass is 32.2. The average Bonchev–Trinajstić information content (AvgIpc) is 3.11. The van der Waals surface area contributed by atoms with Gasteiger partial charge in [0.25, 0.3) is 0 Å². The summed E-state index contributed by atoms with van der Waals surface area (Å²) in [6.45, 7) is 0.919. The number of rotatable bonds is 6. The van der Waals surface area contributed by atoms with E-state index in [0.29, 0.717) is 37.2 Å². The van der Waals surface area contributed by atoms with Crippen LogP contribution in [0.2, 0.25) is 0 Å². The zero-order chi connectivity index (χ0) is 20.4. The minimum atomic E-state index is -3.46. The third-order valence-electron chi connectivity index (χ3n) is 5.08. The summed E-state index contributed by atoms with van der Waals surface area (Å²) in [6, 6.07) is 9.35. The maximum atomic E-state index is 12.9. The van der Waals surface area contributed by atoms with E-state index in [2.05, 4.69) is 20.4 Å². The Hall–Kier alpha value is -2.72. The molecule has 1 aromatic carbocycles. The molecule has 0 bridgehead atoms. The van der Waals surface area contributed by atoms with Crippen LogP contribution in [0.15, 0.2) is 41.2 Å². The first-order valence-corrected chi connectivity index (χ1v) is 11.1. The van der Waals surface area contributed by atoms with Crippen LogP contribution in [0.5, 0.6) is 0 Å². The van der Waals surface area contributed by atoms with Gasteiger partial charge in [-0.2, -0.15) is 0 Å². The lowest BCUT2D eigenvalue weighted by Gasteiger charge is -2.31. The summed E-state index contributed by atoms with van der Waals surface area (Å²) < 4.78 is 32.5. The first kappa shape index (κ1) is 19.6. The Labute approximate surface area is 169 Å². The van der Waals surface area contributed by atoms with Crippen molar-refractivity contribution in [2.24, 2.45) is 0 Å². The molecule has 0 unspecified atom stereocenters. The van der Waals surface area contributed by atoms with Gasteiger partial charge in [0, 0.05) is 44.7 Å². The van der Waals surface area contributed by atoms with Crippen molar-refractivity contribution in [3.8, 4) is 0 Å². The molecule has 1 saturated heterocycles. The van der Waals surface area contributed by atoms with Gasteiger partial charge in [-0.3, -0.25) is 0 Å². The minimum Gasteiger partial charge on any atom is -0.367 e. The fourth-order valence-corrected chi connectivity index (χ4v) is 4.97. The number of fused-ring (bicyclic) bond motifs is 1. The second-order valence-corrected chi connectivity index (χ2v) is 9.32. The van der Waals surface area contributed by atoms with Crippen LogP contribution in [0, 0.1) is 0 Å². The molecular formula is C19H24N6O3S. The summed E-state index contributed by atoms with van der Waals surface area (Å²) >= 11 is 0. The number of piperidine rings is 1. The average molecular weight is 417 g/mol. The second kappa shape index (κ2) is 7.96.